The molecule has 0 aliphatic carbocycles. The van der Waals surface area contributed by atoms with Crippen LogP contribution < -0.4 is 15.4 Å². The van der Waals surface area contributed by atoms with E-state index in [1.54, 1.807) is 0 Å². The number of carbonyl (C=O) groups is 1. The van der Waals surface area contributed by atoms with Gasteiger partial charge in [-0.05, 0) is 37.1 Å². The Hall–Kier alpha value is -1.26. The van der Waals surface area contributed by atoms with Gasteiger partial charge in [0.15, 0.2) is 0 Å². The van der Waals surface area contributed by atoms with Crippen molar-refractivity contribution in [2.75, 3.05) is 26.7 Å². The number of amides is 1. The topological polar surface area (TPSA) is 50.4 Å². The Bertz CT molecular complexity index is 421. The molecule has 1 aromatic rings. The Balaban J connectivity index is 0.00000441. The van der Waals surface area contributed by atoms with Gasteiger partial charge in [0.1, 0.15) is 5.75 Å². The summed E-state index contributed by atoms with van der Waals surface area (Å²) in [6.45, 7) is 8.29. The van der Waals surface area contributed by atoms with Crippen LogP contribution in [0.3, 0.4) is 0 Å². The van der Waals surface area contributed by atoms with Gasteiger partial charge < -0.3 is 15.4 Å². The minimum absolute atomic E-state index is 0. The number of nitrogens with one attached hydrogen (secondary N) is 2. The predicted molar refractivity (Wildman–Crippen MR) is 93.8 cm³/mol. The number of carbonyl (C=O) groups excluding carboxylic acids is 1. The average Bonchev–Trinajstić information content (AvgIpc) is 2.46. The molecule has 4 nitrogen and oxygen atoms in total. The van der Waals surface area contributed by atoms with E-state index in [2.05, 4.69) is 36.6 Å². The second-order valence-electron chi connectivity index (χ2n) is 5.85. The van der Waals surface area contributed by atoms with Crippen molar-refractivity contribution in [3.8, 4) is 5.75 Å². The van der Waals surface area contributed by atoms with Gasteiger partial charge in [-0.1, -0.05) is 32.9 Å². The van der Waals surface area contributed by atoms with Gasteiger partial charge in [-0.2, -0.15) is 0 Å². The fraction of sp³-hybridized carbons (Fsp3) is 0.588. The molecule has 1 rings (SSSR count). The van der Waals surface area contributed by atoms with Crippen LogP contribution in [0.1, 0.15) is 26.3 Å². The standard InChI is InChI=1S/C17H28N2O2.ClH/c1-13(2)12-21-16-7-5-15(6-8-16)9-10-19-17(20)14(3)11-18-4;/h5-8,13-14,18H,9-12H2,1-4H3,(H,19,20);1H. The SMILES string of the molecule is CNCC(C)C(=O)NCCc1ccc(OCC(C)C)cc1.Cl. The summed E-state index contributed by atoms with van der Waals surface area (Å²) in [5.74, 6) is 1.53. The van der Waals surface area contributed by atoms with Gasteiger partial charge in [0.2, 0.25) is 5.91 Å². The van der Waals surface area contributed by atoms with E-state index in [9.17, 15) is 4.79 Å². The Morgan fingerprint density at radius 2 is 1.82 bits per heavy atom. The van der Waals surface area contributed by atoms with E-state index in [1.807, 2.05) is 26.1 Å². The largest absolute Gasteiger partial charge is 0.493 e. The van der Waals surface area contributed by atoms with E-state index < -0.39 is 0 Å². The van der Waals surface area contributed by atoms with E-state index in [0.29, 0.717) is 19.0 Å². The Kier molecular flexibility index (Phi) is 10.7. The first-order valence-electron chi connectivity index (χ1n) is 7.67. The molecular formula is C17H29ClN2O2. The average molecular weight is 329 g/mol. The first-order valence-corrected chi connectivity index (χ1v) is 7.67. The Labute approximate surface area is 140 Å². The molecule has 2 N–H and O–H groups in total. The van der Waals surface area contributed by atoms with E-state index >= 15 is 0 Å². The summed E-state index contributed by atoms with van der Waals surface area (Å²) in [6.07, 6.45) is 0.836. The van der Waals surface area contributed by atoms with Gasteiger partial charge in [-0.15, -0.1) is 12.4 Å². The molecule has 0 bridgehead atoms. The zero-order chi connectivity index (χ0) is 15.7. The lowest BCUT2D eigenvalue weighted by atomic mass is 10.1. The molecule has 0 fully saturated rings. The molecular weight excluding hydrogens is 300 g/mol. The van der Waals surface area contributed by atoms with Gasteiger partial charge in [0.25, 0.3) is 0 Å². The maximum absolute atomic E-state index is 11.8. The van der Waals surface area contributed by atoms with E-state index in [0.717, 1.165) is 18.8 Å². The number of rotatable bonds is 9. The normalized spacial score (nSPS) is 11.7. The predicted octanol–water partition coefficient (Wildman–Crippen LogP) is 2.66. The zero-order valence-electron chi connectivity index (χ0n) is 14.0. The van der Waals surface area contributed by atoms with Crippen LogP contribution in [0.25, 0.3) is 0 Å². The summed E-state index contributed by atoms with van der Waals surface area (Å²) in [5.41, 5.74) is 1.20. The summed E-state index contributed by atoms with van der Waals surface area (Å²) in [6, 6.07) is 8.09. The highest BCUT2D eigenvalue weighted by Gasteiger charge is 2.10. The van der Waals surface area contributed by atoms with Crippen molar-refractivity contribution < 1.29 is 9.53 Å². The van der Waals surface area contributed by atoms with Gasteiger partial charge in [0, 0.05) is 19.0 Å². The van der Waals surface area contributed by atoms with Crippen LogP contribution in [0.2, 0.25) is 0 Å². The van der Waals surface area contributed by atoms with Crippen molar-refractivity contribution >= 4 is 18.3 Å². The molecule has 0 aromatic heterocycles. The molecule has 0 heterocycles. The van der Waals surface area contributed by atoms with Crippen molar-refractivity contribution in [3.63, 3.8) is 0 Å². The molecule has 126 valence electrons. The second-order valence-corrected chi connectivity index (χ2v) is 5.85. The van der Waals surface area contributed by atoms with Crippen LogP contribution in [0.4, 0.5) is 0 Å². The Morgan fingerprint density at radius 3 is 2.36 bits per heavy atom. The monoisotopic (exact) mass is 328 g/mol. The molecule has 0 radical (unpaired) electrons. The summed E-state index contributed by atoms with van der Waals surface area (Å²) in [7, 11) is 1.85. The lowest BCUT2D eigenvalue weighted by Gasteiger charge is -2.12. The summed E-state index contributed by atoms with van der Waals surface area (Å²) >= 11 is 0. The first kappa shape index (κ1) is 20.7. The molecule has 5 heteroatoms. The molecule has 1 amide bonds. The lowest BCUT2D eigenvalue weighted by molar-refractivity contribution is -0.124. The van der Waals surface area contributed by atoms with Gasteiger partial charge >= 0.3 is 0 Å². The highest BCUT2D eigenvalue weighted by molar-refractivity contribution is 5.85. The van der Waals surface area contributed by atoms with Crippen molar-refractivity contribution in [2.24, 2.45) is 11.8 Å². The van der Waals surface area contributed by atoms with Gasteiger partial charge in [0.05, 0.1) is 6.61 Å². The third-order valence-corrected chi connectivity index (χ3v) is 3.18. The number of benzene rings is 1. The Morgan fingerprint density at radius 1 is 1.18 bits per heavy atom. The smallest absolute Gasteiger partial charge is 0.224 e. The van der Waals surface area contributed by atoms with Crippen molar-refractivity contribution in [2.45, 2.75) is 27.2 Å². The maximum Gasteiger partial charge on any atom is 0.224 e. The summed E-state index contributed by atoms with van der Waals surface area (Å²) < 4.78 is 5.65. The number of halogens is 1. The highest BCUT2D eigenvalue weighted by atomic mass is 35.5. The number of hydrogen-bond donors (Lipinski definition) is 2. The van der Waals surface area contributed by atoms with Crippen LogP contribution in [0.5, 0.6) is 5.75 Å². The molecule has 1 unspecified atom stereocenters. The molecule has 0 aliphatic rings. The van der Waals surface area contributed by atoms with Crippen molar-refractivity contribution in [1.29, 1.82) is 0 Å². The lowest BCUT2D eigenvalue weighted by Crippen LogP contribution is -2.35. The molecule has 22 heavy (non-hydrogen) atoms. The quantitative estimate of drug-likeness (QED) is 0.732. The second kappa shape index (κ2) is 11.3. The third-order valence-electron chi connectivity index (χ3n) is 3.18. The van der Waals surface area contributed by atoms with Crippen LogP contribution in [0, 0.1) is 11.8 Å². The highest BCUT2D eigenvalue weighted by Crippen LogP contribution is 2.13. The summed E-state index contributed by atoms with van der Waals surface area (Å²) in [5, 5.41) is 5.97. The third kappa shape index (κ3) is 8.25. The van der Waals surface area contributed by atoms with E-state index in [1.165, 1.54) is 5.56 Å². The van der Waals surface area contributed by atoms with E-state index in [-0.39, 0.29) is 24.2 Å². The van der Waals surface area contributed by atoms with Crippen molar-refractivity contribution in [3.05, 3.63) is 29.8 Å². The van der Waals surface area contributed by atoms with Gasteiger partial charge in [-0.3, -0.25) is 4.79 Å². The van der Waals surface area contributed by atoms with Crippen LogP contribution in [-0.4, -0.2) is 32.7 Å². The van der Waals surface area contributed by atoms with Crippen LogP contribution >= 0.6 is 12.4 Å². The maximum atomic E-state index is 11.8. The zero-order valence-corrected chi connectivity index (χ0v) is 14.8. The number of hydrogen-bond acceptors (Lipinski definition) is 3. The first-order chi connectivity index (χ1) is 10.0. The minimum Gasteiger partial charge on any atom is -0.493 e. The molecule has 0 saturated heterocycles. The van der Waals surface area contributed by atoms with Crippen LogP contribution in [0.15, 0.2) is 24.3 Å². The fourth-order valence-corrected chi connectivity index (χ4v) is 1.92. The molecule has 1 aromatic carbocycles. The van der Waals surface area contributed by atoms with Crippen LogP contribution in [-0.2, 0) is 11.2 Å². The van der Waals surface area contributed by atoms with Gasteiger partial charge in [-0.25, -0.2) is 0 Å². The summed E-state index contributed by atoms with van der Waals surface area (Å²) in [4.78, 5) is 11.8. The molecule has 0 spiro atoms. The minimum atomic E-state index is 0. The van der Waals surface area contributed by atoms with Crippen molar-refractivity contribution in [1.82, 2.24) is 10.6 Å². The number of ether oxygens (including phenoxy) is 1. The molecule has 0 aliphatic heterocycles. The molecule has 0 saturated carbocycles. The molecule has 1 atom stereocenters. The fourth-order valence-electron chi connectivity index (χ4n) is 1.92. The van der Waals surface area contributed by atoms with E-state index in [4.69, 9.17) is 4.74 Å².